The number of hydrogen-bond acceptors (Lipinski definition) is 6. The molecule has 12 heteroatoms. The lowest BCUT2D eigenvalue weighted by molar-refractivity contribution is -0.164. The highest BCUT2D eigenvalue weighted by molar-refractivity contribution is 14.1. The van der Waals surface area contributed by atoms with E-state index in [0.29, 0.717) is 32.6 Å². The van der Waals surface area contributed by atoms with Crippen molar-refractivity contribution in [3.63, 3.8) is 0 Å². The fourth-order valence-electron chi connectivity index (χ4n) is 6.61. The second kappa shape index (κ2) is 16.8. The molecule has 0 bridgehead atoms. The van der Waals surface area contributed by atoms with Gasteiger partial charge in [0.05, 0.1) is 6.04 Å². The molecule has 1 saturated heterocycles. The van der Waals surface area contributed by atoms with Crippen molar-refractivity contribution >= 4 is 77.3 Å². The molecule has 1 fully saturated rings. The van der Waals surface area contributed by atoms with Gasteiger partial charge in [-0.25, -0.2) is 0 Å². The highest BCUT2D eigenvalue weighted by Crippen LogP contribution is 2.61. The Bertz CT molecular complexity index is 1770. The van der Waals surface area contributed by atoms with E-state index in [9.17, 15) is 14.4 Å². The average molecular weight is 866 g/mol. The van der Waals surface area contributed by atoms with Gasteiger partial charge in [-0.3, -0.25) is 14.4 Å². The molecule has 51 heavy (non-hydrogen) atoms. The lowest BCUT2D eigenvalue weighted by atomic mass is 9.58. The van der Waals surface area contributed by atoms with E-state index in [1.807, 2.05) is 30.3 Å². The van der Waals surface area contributed by atoms with Crippen LogP contribution in [0.4, 0.5) is 5.69 Å². The number of carbonyl (C=O) groups excluding carboxylic acids is 3. The van der Waals surface area contributed by atoms with Gasteiger partial charge in [-0.15, -0.1) is 0 Å². The van der Waals surface area contributed by atoms with Crippen LogP contribution in [0.25, 0.3) is 0 Å². The Morgan fingerprint density at radius 2 is 1.78 bits per heavy atom. The average Bonchev–Trinajstić information content (AvgIpc) is 3.30. The summed E-state index contributed by atoms with van der Waals surface area (Å²) in [6, 6.07) is 18.4. The first-order valence-electron chi connectivity index (χ1n) is 16.8. The van der Waals surface area contributed by atoms with Gasteiger partial charge in [0.15, 0.2) is 0 Å². The molecular formula is C39H47Cl2IN2O6Si. The maximum absolute atomic E-state index is 14.6. The molecular weight excluding hydrogens is 818 g/mol. The van der Waals surface area contributed by atoms with E-state index < -0.39 is 37.0 Å². The first kappa shape index (κ1) is 40.9. The summed E-state index contributed by atoms with van der Waals surface area (Å²) < 4.78 is 17.6. The molecule has 2 aliphatic heterocycles. The molecule has 2 aliphatic rings. The maximum Gasteiger partial charge on any atom is 0.326 e. The molecule has 3 aromatic rings. The standard InChI is InChI=1S/C33H31Cl2IN2O5.C6H16OSi/c1-5-13-42-27-12-10-22(36)16-23(27)30-33(24-11-9-21(35)15-26(24)37-31(33)41)25(19-7-6-8-20(34)14-19)17-28(39)38(30)18-29(40)43-32(2,3)4;1-7-5-6-8(2,3)4/h5-12,14-16,25,30H,1,13,17-18H2,2-4H3,(H,37,41);5-6H2,1-4H3/t25-,30+,33-;/m0./s1. The van der Waals surface area contributed by atoms with E-state index in [1.165, 1.54) is 10.9 Å². The number of esters is 1. The van der Waals surface area contributed by atoms with Gasteiger partial charge in [0.2, 0.25) is 11.8 Å². The number of amides is 2. The van der Waals surface area contributed by atoms with Crippen LogP contribution in [0.3, 0.4) is 0 Å². The Balaban J connectivity index is 0.000000652. The Morgan fingerprint density at radius 3 is 2.39 bits per heavy atom. The third-order valence-electron chi connectivity index (χ3n) is 8.69. The molecule has 3 aromatic carbocycles. The molecule has 1 N–H and O–H groups in total. The number of anilines is 1. The largest absolute Gasteiger partial charge is 0.489 e. The molecule has 0 radical (unpaired) electrons. The van der Waals surface area contributed by atoms with E-state index in [0.717, 1.165) is 15.7 Å². The number of nitrogens with zero attached hydrogens (tertiary/aromatic N) is 1. The van der Waals surface area contributed by atoms with Gasteiger partial charge in [0.1, 0.15) is 29.9 Å². The monoisotopic (exact) mass is 864 g/mol. The van der Waals surface area contributed by atoms with E-state index in [2.05, 4.69) is 54.1 Å². The maximum atomic E-state index is 14.6. The lowest BCUT2D eigenvalue weighted by Crippen LogP contribution is -2.59. The first-order valence-corrected chi connectivity index (χ1v) is 22.4. The normalized spacial score (nSPS) is 19.9. The molecule has 2 amide bonds. The van der Waals surface area contributed by atoms with Crippen LogP contribution in [0.15, 0.2) is 73.3 Å². The SMILES string of the molecule is C=CCOc1ccc(I)cc1[C@H]1N(CC(=O)OC(C)(C)C)C(=O)C[C@@H](c2cccc(Cl)c2)[C@]12C(=O)Nc1cc(Cl)ccc12.COCC[Si](C)(C)C. The zero-order valence-corrected chi connectivity index (χ0v) is 34.9. The van der Waals surface area contributed by atoms with E-state index >= 15 is 0 Å². The molecule has 0 aliphatic carbocycles. The van der Waals surface area contributed by atoms with Gasteiger partial charge in [0.25, 0.3) is 0 Å². The molecule has 2 heterocycles. The number of nitrogens with one attached hydrogen (secondary N) is 1. The number of methoxy groups -OCH3 is 1. The molecule has 3 atom stereocenters. The molecule has 0 unspecified atom stereocenters. The quantitative estimate of drug-likeness (QED) is 0.0946. The predicted octanol–water partition coefficient (Wildman–Crippen LogP) is 9.42. The molecule has 0 aromatic heterocycles. The summed E-state index contributed by atoms with van der Waals surface area (Å²) in [4.78, 5) is 43.7. The summed E-state index contributed by atoms with van der Waals surface area (Å²) >= 11 is 15.0. The van der Waals surface area contributed by atoms with Crippen molar-refractivity contribution < 1.29 is 28.6 Å². The summed E-state index contributed by atoms with van der Waals surface area (Å²) in [5.74, 6) is -1.40. The fourth-order valence-corrected chi connectivity index (χ4v) is 8.31. The van der Waals surface area contributed by atoms with Crippen LogP contribution in [0, 0.1) is 3.57 Å². The molecule has 1 spiro atoms. The fraction of sp³-hybridized carbons (Fsp3) is 0.410. The van der Waals surface area contributed by atoms with Gasteiger partial charge in [-0.05, 0) is 103 Å². The van der Waals surface area contributed by atoms with Crippen LogP contribution >= 0.6 is 45.8 Å². The van der Waals surface area contributed by atoms with Crippen molar-refractivity contribution in [2.75, 3.05) is 32.2 Å². The molecule has 0 saturated carbocycles. The van der Waals surface area contributed by atoms with Gasteiger partial charge in [0, 0.05) is 59.0 Å². The van der Waals surface area contributed by atoms with Crippen molar-refractivity contribution in [2.45, 2.75) is 75.9 Å². The van der Waals surface area contributed by atoms with Crippen molar-refractivity contribution in [2.24, 2.45) is 0 Å². The Labute approximate surface area is 326 Å². The third-order valence-corrected chi connectivity index (χ3v) is 11.5. The van der Waals surface area contributed by atoms with E-state index in [1.54, 1.807) is 64.3 Å². The first-order chi connectivity index (χ1) is 23.9. The van der Waals surface area contributed by atoms with E-state index in [4.69, 9.17) is 37.4 Å². The Morgan fingerprint density at radius 1 is 1.08 bits per heavy atom. The second-order valence-electron chi connectivity index (χ2n) is 14.9. The minimum absolute atomic E-state index is 0.0537. The number of likely N-dealkylation sites (tertiary alicyclic amines) is 1. The minimum atomic E-state index is -1.39. The predicted molar refractivity (Wildman–Crippen MR) is 216 cm³/mol. The summed E-state index contributed by atoms with van der Waals surface area (Å²) in [6.07, 6.45) is 1.57. The molecule has 8 nitrogen and oxygen atoms in total. The van der Waals surface area contributed by atoms with Crippen LogP contribution in [0.2, 0.25) is 35.7 Å². The van der Waals surface area contributed by atoms with Crippen molar-refractivity contribution in [1.82, 2.24) is 4.90 Å². The zero-order valence-electron chi connectivity index (χ0n) is 30.3. The van der Waals surface area contributed by atoms with Crippen molar-refractivity contribution in [1.29, 1.82) is 0 Å². The van der Waals surface area contributed by atoms with Crippen LogP contribution in [0.5, 0.6) is 5.75 Å². The van der Waals surface area contributed by atoms with Gasteiger partial charge in [-0.1, -0.05) is 73.7 Å². The van der Waals surface area contributed by atoms with Crippen LogP contribution in [-0.4, -0.2) is 63.2 Å². The minimum Gasteiger partial charge on any atom is -0.489 e. The third kappa shape index (κ3) is 9.75. The van der Waals surface area contributed by atoms with E-state index in [-0.39, 0.29) is 31.4 Å². The van der Waals surface area contributed by atoms with Crippen LogP contribution in [0.1, 0.15) is 55.8 Å². The number of ether oxygens (including phenoxy) is 3. The number of rotatable bonds is 10. The Hall–Kier alpha value is -2.90. The zero-order chi connectivity index (χ0) is 37.7. The number of fused-ring (bicyclic) bond motifs is 2. The highest BCUT2D eigenvalue weighted by atomic mass is 127. The molecule has 5 rings (SSSR count). The number of carbonyl (C=O) groups is 3. The number of halogens is 3. The number of hydrogen-bond donors (Lipinski definition) is 1. The molecule has 274 valence electrons. The lowest BCUT2D eigenvalue weighted by Gasteiger charge is -2.51. The summed E-state index contributed by atoms with van der Waals surface area (Å²) in [5.41, 5.74) is 0.334. The number of piperidine rings is 1. The van der Waals surface area contributed by atoms with Gasteiger partial charge < -0.3 is 24.4 Å². The smallest absolute Gasteiger partial charge is 0.326 e. The summed E-state index contributed by atoms with van der Waals surface area (Å²) in [7, 11) is 0.961. The van der Waals surface area contributed by atoms with Crippen LogP contribution in [-0.2, 0) is 29.3 Å². The second-order valence-corrected chi connectivity index (χ2v) is 22.7. The van der Waals surface area contributed by atoms with Gasteiger partial charge >= 0.3 is 5.97 Å². The summed E-state index contributed by atoms with van der Waals surface area (Å²) in [5, 5.41) is 3.98. The van der Waals surface area contributed by atoms with Crippen molar-refractivity contribution in [3.05, 3.63) is 104 Å². The topological polar surface area (TPSA) is 94.2 Å². The Kier molecular flexibility index (Phi) is 13.5. The summed E-state index contributed by atoms with van der Waals surface area (Å²) in [6.45, 7) is 16.9. The van der Waals surface area contributed by atoms with Crippen molar-refractivity contribution in [3.8, 4) is 5.75 Å². The number of benzene rings is 3. The van der Waals surface area contributed by atoms with Gasteiger partial charge in [-0.2, -0.15) is 0 Å². The van der Waals surface area contributed by atoms with Crippen LogP contribution < -0.4 is 10.1 Å². The highest BCUT2D eigenvalue weighted by Gasteiger charge is 2.64.